The molecule has 5 aromatic rings. The molecular weight excluding hydrogens is 771 g/mol. The number of hydrogen-bond donors (Lipinski definition) is 0. The fourth-order valence-electron chi connectivity index (χ4n) is 1.91. The Bertz CT molecular complexity index is 1020. The van der Waals surface area contributed by atoms with Crippen molar-refractivity contribution in [3.8, 4) is 0 Å². The minimum Gasteiger partial charge on any atom is -0.265 e. The van der Waals surface area contributed by atoms with Crippen LogP contribution in [0.5, 0.6) is 0 Å². The topological polar surface area (TPSA) is 90.2 Å². The molecule has 5 rings (SSSR count). The lowest BCUT2D eigenvalue weighted by atomic mass is 10.0. The molecule has 7 heteroatoms. The van der Waals surface area contributed by atoms with E-state index in [9.17, 15) is 0 Å². The Morgan fingerprint density at radius 2 is 0.508 bits per heavy atom. The van der Waals surface area contributed by atoms with Crippen molar-refractivity contribution in [2.75, 3.05) is 0 Å². The van der Waals surface area contributed by atoms with Gasteiger partial charge in [0, 0.05) is 62.0 Å². The molecule has 4 heterocycles. The van der Waals surface area contributed by atoms with Crippen molar-refractivity contribution in [2.24, 2.45) is 21.7 Å². The van der Waals surface area contributed by atoms with Crippen LogP contribution < -0.4 is 0 Å². The maximum absolute atomic E-state index is 3.78. The van der Waals surface area contributed by atoms with Crippen molar-refractivity contribution in [1.82, 2.24) is 35.1 Å². The molecule has 0 N–H and O–H groups in total. The normalized spacial score (nSPS) is 8.78. The van der Waals surface area contributed by atoms with Gasteiger partial charge < -0.3 is 0 Å². The second-order valence-electron chi connectivity index (χ2n) is 18.3. The highest BCUT2D eigenvalue weighted by Crippen LogP contribution is 2.12. The van der Waals surface area contributed by atoms with Crippen LogP contribution in [0.1, 0.15) is 205 Å². The van der Waals surface area contributed by atoms with Gasteiger partial charge in [0.1, 0.15) is 6.33 Å². The van der Waals surface area contributed by atoms with Crippen molar-refractivity contribution >= 4 is 0 Å². The fourth-order valence-corrected chi connectivity index (χ4v) is 1.91. The number of pyridine rings is 1. The molecule has 0 aliphatic carbocycles. The fraction of sp³-hybridized carbons (Fsp3) is 0.589. The van der Waals surface area contributed by atoms with Crippen LogP contribution in [0.3, 0.4) is 0 Å². The van der Waals surface area contributed by atoms with Gasteiger partial charge in [-0.15, -0.1) is 0 Å². The van der Waals surface area contributed by atoms with Crippen molar-refractivity contribution in [1.29, 1.82) is 0 Å². The van der Waals surface area contributed by atoms with Crippen molar-refractivity contribution in [2.45, 2.75) is 200 Å². The summed E-state index contributed by atoms with van der Waals surface area (Å²) in [7, 11) is 0. The molecule has 0 radical (unpaired) electrons. The predicted octanol–water partition coefficient (Wildman–Crippen LogP) is 18.7. The minimum absolute atomic E-state index is 0.500. The third-order valence-electron chi connectivity index (χ3n) is 3.47. The standard InChI is InChI=1S/C9H12.C5H5N.4C5H12.3C4H4N2.5C2H6/c1-8(2)9-6-4-3-5-7-9;1-2-4-6-5-3-1;4*1-5(2,3)4;1-2-6-4-3-5-1;1-2-5-4-6-3-1;1-2-4-6-5-3-1;5*1-2/h3-8H,1-2H3;1-5H;4*1-4H3;3*1-4H;5*1-2H3. The lowest BCUT2D eigenvalue weighted by Crippen LogP contribution is -1.93. The van der Waals surface area contributed by atoms with Crippen molar-refractivity contribution in [3.63, 3.8) is 0 Å². The maximum Gasteiger partial charge on any atom is 0.115 e. The van der Waals surface area contributed by atoms with Crippen LogP contribution in [0, 0.1) is 21.7 Å². The van der Waals surface area contributed by atoms with E-state index in [2.05, 4.69) is 184 Å². The molecule has 0 unspecified atom stereocenters. The van der Waals surface area contributed by atoms with Crippen molar-refractivity contribution in [3.05, 3.63) is 141 Å². The van der Waals surface area contributed by atoms with Gasteiger partial charge in [-0.25, -0.2) is 9.97 Å². The minimum atomic E-state index is 0.500. The van der Waals surface area contributed by atoms with E-state index in [1.807, 2.05) is 106 Å². The number of nitrogens with zero attached hydrogens (tertiary/aromatic N) is 7. The first-order valence-electron chi connectivity index (χ1n) is 23.3. The van der Waals surface area contributed by atoms with E-state index in [0.717, 1.165) is 0 Å². The molecule has 63 heavy (non-hydrogen) atoms. The number of aromatic nitrogens is 7. The highest BCUT2D eigenvalue weighted by atomic mass is 15.1. The average molecular weight is 879 g/mol. The summed E-state index contributed by atoms with van der Waals surface area (Å²) in [6.07, 6.45) is 18.2. The quantitative estimate of drug-likeness (QED) is 0.166. The van der Waals surface area contributed by atoms with E-state index in [4.69, 9.17) is 0 Å². The molecule has 0 fully saturated rings. The van der Waals surface area contributed by atoms with Gasteiger partial charge in [-0.3, -0.25) is 15.0 Å². The van der Waals surface area contributed by atoms with Gasteiger partial charge in [-0.1, -0.05) is 230 Å². The zero-order chi connectivity index (χ0) is 51.7. The van der Waals surface area contributed by atoms with Gasteiger partial charge in [0.2, 0.25) is 0 Å². The third-order valence-corrected chi connectivity index (χ3v) is 3.47. The van der Waals surface area contributed by atoms with Gasteiger partial charge in [-0.2, -0.15) is 10.2 Å². The van der Waals surface area contributed by atoms with Crippen LogP contribution in [0.2, 0.25) is 0 Å². The van der Waals surface area contributed by atoms with Gasteiger partial charge in [0.25, 0.3) is 0 Å². The SMILES string of the molecule is CC.CC.CC.CC.CC.CC(C)(C)C.CC(C)(C)C.CC(C)(C)C.CC(C)(C)C.CC(C)c1ccccc1.c1ccncc1.c1ccnnc1.c1cnccn1.c1cncnc1. The largest absolute Gasteiger partial charge is 0.265 e. The summed E-state index contributed by atoms with van der Waals surface area (Å²) in [4.78, 5) is 18.6. The Balaban J connectivity index is -0.0000000729. The molecule has 0 amide bonds. The third kappa shape index (κ3) is 178. The molecule has 0 saturated carbocycles. The molecular formula is C56H107N7. The van der Waals surface area contributed by atoms with E-state index in [1.165, 1.54) is 11.9 Å². The zero-order valence-corrected chi connectivity index (χ0v) is 46.9. The van der Waals surface area contributed by atoms with Gasteiger partial charge >= 0.3 is 0 Å². The summed E-state index contributed by atoms with van der Waals surface area (Å²) in [5.74, 6) is 0.659. The first-order valence-corrected chi connectivity index (χ1v) is 23.3. The molecule has 0 spiro atoms. The Hall–Kier alpha value is -4.39. The molecule has 4 aromatic heterocycles. The van der Waals surface area contributed by atoms with E-state index < -0.39 is 0 Å². The van der Waals surface area contributed by atoms with Crippen LogP contribution >= 0.6 is 0 Å². The molecule has 7 nitrogen and oxygen atoms in total. The second-order valence-corrected chi connectivity index (χ2v) is 18.3. The zero-order valence-electron chi connectivity index (χ0n) is 46.9. The molecule has 366 valence electrons. The van der Waals surface area contributed by atoms with E-state index in [-0.39, 0.29) is 0 Å². The van der Waals surface area contributed by atoms with Crippen LogP contribution in [0.25, 0.3) is 0 Å². The summed E-state index contributed by atoms with van der Waals surface area (Å²) < 4.78 is 0. The summed E-state index contributed by atoms with van der Waals surface area (Å²) in [5, 5.41) is 7.07. The highest BCUT2D eigenvalue weighted by molar-refractivity contribution is 5.17. The van der Waals surface area contributed by atoms with Gasteiger partial charge in [-0.05, 0) is 63.5 Å². The monoisotopic (exact) mass is 878 g/mol. The second kappa shape index (κ2) is 61.9. The van der Waals surface area contributed by atoms with Crippen LogP contribution in [-0.2, 0) is 0 Å². The Labute approximate surface area is 395 Å². The Kier molecular flexibility index (Phi) is 77.7. The number of benzene rings is 1. The first kappa shape index (κ1) is 79.0. The Morgan fingerprint density at radius 1 is 0.286 bits per heavy atom. The number of hydrogen-bond acceptors (Lipinski definition) is 7. The Morgan fingerprint density at radius 3 is 0.619 bits per heavy atom. The maximum atomic E-state index is 3.78. The molecule has 0 aliphatic heterocycles. The van der Waals surface area contributed by atoms with E-state index >= 15 is 0 Å². The van der Waals surface area contributed by atoms with Crippen molar-refractivity contribution < 1.29 is 0 Å². The van der Waals surface area contributed by atoms with Gasteiger partial charge in [0.15, 0.2) is 0 Å². The van der Waals surface area contributed by atoms with E-state index in [0.29, 0.717) is 27.6 Å². The average Bonchev–Trinajstić information content (AvgIpc) is 3.26. The number of rotatable bonds is 1. The lowest BCUT2D eigenvalue weighted by Gasteiger charge is -2.05. The highest BCUT2D eigenvalue weighted by Gasteiger charge is 1.97. The smallest absolute Gasteiger partial charge is 0.115 e. The summed E-state index contributed by atoms with van der Waals surface area (Å²) in [5.41, 5.74) is 3.41. The van der Waals surface area contributed by atoms with E-state index in [1.54, 1.807) is 68.0 Å². The first-order chi connectivity index (χ1) is 29.3. The predicted molar refractivity (Wildman–Crippen MR) is 288 cm³/mol. The van der Waals surface area contributed by atoms with Crippen LogP contribution in [0.4, 0.5) is 0 Å². The molecule has 0 saturated heterocycles. The molecule has 0 aliphatic rings. The molecule has 0 bridgehead atoms. The molecule has 1 aromatic carbocycles. The summed E-state index contributed by atoms with van der Waals surface area (Å²) in [6, 6.07) is 21.7. The molecule has 0 atom stereocenters. The lowest BCUT2D eigenvalue weighted by molar-refractivity contribution is 0.469. The van der Waals surface area contributed by atoms with Crippen LogP contribution in [-0.4, -0.2) is 35.1 Å². The van der Waals surface area contributed by atoms with Crippen LogP contribution in [0.15, 0.2) is 135 Å². The summed E-state index contributed by atoms with van der Waals surface area (Å²) >= 11 is 0. The van der Waals surface area contributed by atoms with Gasteiger partial charge in [0.05, 0.1) is 0 Å². The summed E-state index contributed by atoms with van der Waals surface area (Å²) in [6.45, 7) is 59.4.